The molecule has 0 radical (unpaired) electrons. The molecule has 1 aliphatic heterocycles. The van der Waals surface area contributed by atoms with Crippen LogP contribution in [0.25, 0.3) is 10.6 Å². The number of nitrogens with one attached hydrogen (secondary N) is 1. The van der Waals surface area contributed by atoms with Gasteiger partial charge in [0.15, 0.2) is 5.13 Å². The van der Waals surface area contributed by atoms with Crippen LogP contribution in [0.3, 0.4) is 0 Å². The molecule has 4 rings (SSSR count). The van der Waals surface area contributed by atoms with Gasteiger partial charge in [0.05, 0.1) is 16.5 Å². The van der Waals surface area contributed by atoms with Gasteiger partial charge in [0, 0.05) is 24.0 Å². The van der Waals surface area contributed by atoms with Crippen LogP contribution in [-0.4, -0.2) is 23.3 Å². The van der Waals surface area contributed by atoms with Crippen LogP contribution >= 0.6 is 22.7 Å². The molecule has 1 unspecified atom stereocenters. The molecule has 1 aliphatic rings. The van der Waals surface area contributed by atoms with Gasteiger partial charge in [-0.2, -0.15) is 0 Å². The van der Waals surface area contributed by atoms with E-state index >= 15 is 0 Å². The summed E-state index contributed by atoms with van der Waals surface area (Å²) in [6.07, 6.45) is 1.08. The molecule has 7 heteroatoms. The number of carbonyl (C=O) groups excluding carboxylic acids is 2. The third kappa shape index (κ3) is 3.59. The van der Waals surface area contributed by atoms with Gasteiger partial charge in [0.2, 0.25) is 11.8 Å². The zero-order chi connectivity index (χ0) is 19.7. The highest BCUT2D eigenvalue weighted by Crippen LogP contribution is 2.33. The fraction of sp³-hybridized carbons (Fsp3) is 0.286. The van der Waals surface area contributed by atoms with E-state index in [9.17, 15) is 9.59 Å². The van der Waals surface area contributed by atoms with Gasteiger partial charge in [0.1, 0.15) is 0 Å². The smallest absolute Gasteiger partial charge is 0.231 e. The Balaban J connectivity index is 1.48. The van der Waals surface area contributed by atoms with E-state index in [1.54, 1.807) is 16.2 Å². The van der Waals surface area contributed by atoms with Crippen molar-refractivity contribution in [3.63, 3.8) is 0 Å². The molecular formula is C21H21N3O2S2. The Morgan fingerprint density at radius 3 is 2.89 bits per heavy atom. The van der Waals surface area contributed by atoms with Crippen molar-refractivity contribution in [1.29, 1.82) is 0 Å². The van der Waals surface area contributed by atoms with Crippen LogP contribution < -0.4 is 10.2 Å². The number of hydrogen-bond donors (Lipinski definition) is 1. The largest absolute Gasteiger partial charge is 0.311 e. The minimum absolute atomic E-state index is 0.00237. The van der Waals surface area contributed by atoms with Gasteiger partial charge in [0.25, 0.3) is 0 Å². The van der Waals surface area contributed by atoms with Gasteiger partial charge in [-0.3, -0.25) is 9.59 Å². The second kappa shape index (κ2) is 7.85. The van der Waals surface area contributed by atoms with Crippen LogP contribution in [0.1, 0.15) is 24.5 Å². The standard InChI is InChI=1S/C21H21N3O2S2/c1-3-14-7-4-6-13(2)19(14)24-11-15(10-18(24)25)20(26)23-21-22-16(12-28-21)17-8-5-9-27-17/h4-9,12,15H,3,10-11H2,1-2H3,(H,22,23,26). The zero-order valence-electron chi connectivity index (χ0n) is 15.8. The van der Waals surface area contributed by atoms with Gasteiger partial charge in [-0.1, -0.05) is 31.2 Å². The molecule has 5 nitrogen and oxygen atoms in total. The highest BCUT2D eigenvalue weighted by molar-refractivity contribution is 7.16. The highest BCUT2D eigenvalue weighted by Gasteiger charge is 2.36. The van der Waals surface area contributed by atoms with E-state index in [1.165, 1.54) is 11.3 Å². The summed E-state index contributed by atoms with van der Waals surface area (Å²) in [5.41, 5.74) is 4.02. The molecule has 3 heterocycles. The summed E-state index contributed by atoms with van der Waals surface area (Å²) in [5.74, 6) is -0.511. The maximum absolute atomic E-state index is 12.8. The highest BCUT2D eigenvalue weighted by atomic mass is 32.1. The molecule has 2 aromatic heterocycles. The predicted octanol–water partition coefficient (Wildman–Crippen LogP) is 4.73. The molecule has 1 fully saturated rings. The Kier molecular flexibility index (Phi) is 5.28. The molecule has 0 aliphatic carbocycles. The van der Waals surface area contributed by atoms with E-state index in [0.29, 0.717) is 11.7 Å². The molecule has 0 spiro atoms. The van der Waals surface area contributed by atoms with Crippen LogP contribution in [0.2, 0.25) is 0 Å². The Labute approximate surface area is 172 Å². The lowest BCUT2D eigenvalue weighted by Gasteiger charge is -2.22. The van der Waals surface area contributed by atoms with E-state index < -0.39 is 0 Å². The van der Waals surface area contributed by atoms with Crippen LogP contribution in [0.4, 0.5) is 10.8 Å². The van der Waals surface area contributed by atoms with Crippen LogP contribution in [0.15, 0.2) is 41.1 Å². The van der Waals surface area contributed by atoms with Crippen molar-refractivity contribution in [1.82, 2.24) is 4.98 Å². The van der Waals surface area contributed by atoms with Gasteiger partial charge >= 0.3 is 0 Å². The summed E-state index contributed by atoms with van der Waals surface area (Å²) < 4.78 is 0. The molecule has 2 amide bonds. The first kappa shape index (κ1) is 18.8. The topological polar surface area (TPSA) is 62.3 Å². The second-order valence-electron chi connectivity index (χ2n) is 6.85. The maximum atomic E-state index is 12.8. The van der Waals surface area contributed by atoms with Crippen molar-refractivity contribution in [3.05, 3.63) is 52.2 Å². The quantitative estimate of drug-likeness (QED) is 0.660. The van der Waals surface area contributed by atoms with Crippen molar-refractivity contribution < 1.29 is 9.59 Å². The van der Waals surface area contributed by atoms with E-state index in [2.05, 4.69) is 17.2 Å². The number of thiazole rings is 1. The van der Waals surface area contributed by atoms with E-state index in [4.69, 9.17) is 0 Å². The Hall–Kier alpha value is -2.51. The molecule has 28 heavy (non-hydrogen) atoms. The number of aromatic nitrogens is 1. The summed E-state index contributed by atoms with van der Waals surface area (Å²) in [7, 11) is 0. The minimum atomic E-state index is -0.370. The summed E-state index contributed by atoms with van der Waals surface area (Å²) in [4.78, 5) is 32.8. The number of benzene rings is 1. The first-order valence-electron chi connectivity index (χ1n) is 9.26. The zero-order valence-corrected chi connectivity index (χ0v) is 17.4. The maximum Gasteiger partial charge on any atom is 0.231 e. The summed E-state index contributed by atoms with van der Waals surface area (Å²) in [6, 6.07) is 10.1. The Bertz CT molecular complexity index is 1010. The fourth-order valence-electron chi connectivity index (χ4n) is 3.57. The van der Waals surface area contributed by atoms with Crippen molar-refractivity contribution in [2.24, 2.45) is 5.92 Å². The number of nitrogens with zero attached hydrogens (tertiary/aromatic N) is 2. The Morgan fingerprint density at radius 2 is 2.14 bits per heavy atom. The van der Waals surface area contributed by atoms with Gasteiger partial charge < -0.3 is 10.2 Å². The normalized spacial score (nSPS) is 16.6. The van der Waals surface area contributed by atoms with Gasteiger partial charge in [-0.15, -0.1) is 22.7 Å². The molecule has 1 aromatic carbocycles. The van der Waals surface area contributed by atoms with Gasteiger partial charge in [-0.05, 0) is 35.9 Å². The SMILES string of the molecule is CCc1cccc(C)c1N1CC(C(=O)Nc2nc(-c3cccs3)cs2)CC1=O. The number of thiophene rings is 1. The van der Waals surface area contributed by atoms with Crippen LogP contribution in [-0.2, 0) is 16.0 Å². The number of hydrogen-bond acceptors (Lipinski definition) is 5. The fourth-order valence-corrected chi connectivity index (χ4v) is 5.04. The van der Waals surface area contributed by atoms with Crippen LogP contribution in [0.5, 0.6) is 0 Å². The first-order valence-corrected chi connectivity index (χ1v) is 11.0. The lowest BCUT2D eigenvalue weighted by Crippen LogP contribution is -2.29. The third-order valence-corrected chi connectivity index (χ3v) is 6.63. The second-order valence-corrected chi connectivity index (χ2v) is 8.65. The van der Waals surface area contributed by atoms with E-state index in [0.717, 1.165) is 33.8 Å². The predicted molar refractivity (Wildman–Crippen MR) is 115 cm³/mol. The molecule has 1 saturated heterocycles. The lowest BCUT2D eigenvalue weighted by atomic mass is 10.0. The monoisotopic (exact) mass is 411 g/mol. The number of rotatable bonds is 5. The molecule has 0 saturated carbocycles. The molecular weight excluding hydrogens is 390 g/mol. The molecule has 1 atom stereocenters. The number of anilines is 2. The molecule has 0 bridgehead atoms. The van der Waals surface area contributed by atoms with Crippen molar-refractivity contribution in [2.45, 2.75) is 26.7 Å². The Morgan fingerprint density at radius 1 is 1.29 bits per heavy atom. The number of amides is 2. The first-order chi connectivity index (χ1) is 13.6. The number of para-hydroxylation sites is 1. The summed E-state index contributed by atoms with van der Waals surface area (Å²) in [5, 5.41) is 7.41. The van der Waals surface area contributed by atoms with E-state index in [-0.39, 0.29) is 24.2 Å². The summed E-state index contributed by atoms with van der Waals surface area (Å²) in [6.45, 7) is 4.50. The molecule has 3 aromatic rings. The summed E-state index contributed by atoms with van der Waals surface area (Å²) >= 11 is 3.02. The number of aryl methyl sites for hydroxylation is 2. The van der Waals surface area contributed by atoms with Crippen molar-refractivity contribution in [3.8, 4) is 10.6 Å². The average molecular weight is 412 g/mol. The average Bonchev–Trinajstić information content (AvgIpc) is 3.42. The molecule has 1 N–H and O–H groups in total. The molecule has 144 valence electrons. The van der Waals surface area contributed by atoms with Crippen molar-refractivity contribution in [2.75, 3.05) is 16.8 Å². The third-order valence-electron chi connectivity index (χ3n) is 4.98. The minimum Gasteiger partial charge on any atom is -0.311 e. The van der Waals surface area contributed by atoms with Crippen molar-refractivity contribution >= 4 is 45.3 Å². The van der Waals surface area contributed by atoms with Crippen LogP contribution in [0, 0.1) is 12.8 Å². The van der Waals surface area contributed by atoms with E-state index in [1.807, 2.05) is 48.0 Å². The van der Waals surface area contributed by atoms with Gasteiger partial charge in [-0.25, -0.2) is 4.98 Å². The lowest BCUT2D eigenvalue weighted by molar-refractivity contribution is -0.122. The number of carbonyl (C=O) groups is 2.